The highest BCUT2D eigenvalue weighted by molar-refractivity contribution is 7.81. The van der Waals surface area contributed by atoms with E-state index in [4.69, 9.17) is 37.9 Å². The maximum Gasteiger partial charge on any atom is 0.266 e. The molecule has 0 amide bonds. The fourth-order valence-corrected chi connectivity index (χ4v) is 5.88. The number of hydrogen-bond acceptors (Lipinski definition) is 11. The van der Waals surface area contributed by atoms with Crippen molar-refractivity contribution in [2.24, 2.45) is 22.9 Å². The van der Waals surface area contributed by atoms with Gasteiger partial charge in [0.05, 0.1) is 17.1 Å². The third-order valence-corrected chi connectivity index (χ3v) is 7.72. The minimum absolute atomic E-state index is 0.111. The molecule has 5 atom stereocenters. The number of aryl methyl sites for hydroxylation is 1. The van der Waals surface area contributed by atoms with Gasteiger partial charge in [-0.15, -0.1) is 0 Å². The Morgan fingerprint density at radius 1 is 0.825 bits per heavy atom. The molecule has 0 saturated carbocycles. The van der Waals surface area contributed by atoms with Crippen LogP contribution in [0.1, 0.15) is 18.4 Å². The second kappa shape index (κ2) is 12.0. The number of aromatic nitrogens is 3. The Morgan fingerprint density at radius 3 is 1.82 bits per heavy atom. The van der Waals surface area contributed by atoms with E-state index in [1.54, 1.807) is 30.3 Å². The minimum atomic E-state index is -2.34. The normalized spacial score (nSPS) is 24.1. The number of benzene rings is 2. The van der Waals surface area contributed by atoms with Crippen molar-refractivity contribution in [3.8, 4) is 0 Å². The second-order valence-corrected chi connectivity index (χ2v) is 11.4. The van der Waals surface area contributed by atoms with E-state index in [0.717, 1.165) is 18.4 Å². The van der Waals surface area contributed by atoms with Crippen LogP contribution in [0.15, 0.2) is 48.5 Å². The quantitative estimate of drug-likeness (QED) is 0.221. The van der Waals surface area contributed by atoms with Crippen molar-refractivity contribution < 1.29 is 8.76 Å². The molecule has 2 aliphatic rings. The van der Waals surface area contributed by atoms with Crippen LogP contribution in [0.4, 0.5) is 34.9 Å². The molecule has 0 spiro atoms. The summed E-state index contributed by atoms with van der Waals surface area (Å²) in [6.45, 7) is 4.17. The van der Waals surface area contributed by atoms with Gasteiger partial charge in [0.2, 0.25) is 17.8 Å². The van der Waals surface area contributed by atoms with Crippen LogP contribution in [0, 0.1) is 6.92 Å². The zero-order chi connectivity index (χ0) is 28.4. The smallest absolute Gasteiger partial charge is 0.266 e. The number of piperidine rings is 2. The van der Waals surface area contributed by atoms with E-state index in [1.165, 1.54) is 4.31 Å². The van der Waals surface area contributed by atoms with E-state index < -0.39 is 11.3 Å². The van der Waals surface area contributed by atoms with E-state index in [1.807, 2.05) is 34.9 Å². The van der Waals surface area contributed by atoms with Gasteiger partial charge < -0.3 is 38.1 Å². The Bertz CT molecular complexity index is 1280. The van der Waals surface area contributed by atoms with Gasteiger partial charge in [-0.1, -0.05) is 29.8 Å². The van der Waals surface area contributed by atoms with Gasteiger partial charge >= 0.3 is 0 Å². The molecule has 40 heavy (non-hydrogen) atoms. The van der Waals surface area contributed by atoms with Gasteiger partial charge in [0, 0.05) is 50.3 Å². The summed E-state index contributed by atoms with van der Waals surface area (Å²) in [6.07, 6.45) is 1.44. The average molecular weight is 568 g/mol. The molecule has 14 heteroatoms. The Labute approximate surface area is 236 Å². The molecule has 0 bridgehead atoms. The molecule has 5 rings (SSSR count). The minimum Gasteiger partial charge on any atom is -0.338 e. The summed E-state index contributed by atoms with van der Waals surface area (Å²) in [6, 6.07) is 14.1. The number of hydrogen-bond donors (Lipinski definition) is 6. The zero-order valence-electron chi connectivity index (χ0n) is 22.4. The first-order valence-electron chi connectivity index (χ1n) is 13.3. The molecule has 0 radical (unpaired) electrons. The van der Waals surface area contributed by atoms with Gasteiger partial charge in [0.1, 0.15) is 0 Å². The first-order valence-corrected chi connectivity index (χ1v) is 14.3. The fourth-order valence-electron chi connectivity index (χ4n) is 5.25. The van der Waals surface area contributed by atoms with Crippen LogP contribution in [0.5, 0.6) is 0 Å². The van der Waals surface area contributed by atoms with Crippen molar-refractivity contribution in [2.75, 3.05) is 45.6 Å². The molecule has 2 saturated heterocycles. The van der Waals surface area contributed by atoms with Gasteiger partial charge in [-0.2, -0.15) is 15.0 Å². The summed E-state index contributed by atoms with van der Waals surface area (Å²) >= 11 is -2.34. The number of nitrogens with zero attached hydrogens (tertiary/aromatic N) is 6. The summed E-state index contributed by atoms with van der Waals surface area (Å²) in [5.41, 5.74) is 27.7. The topological polar surface area (TPSA) is 202 Å². The van der Waals surface area contributed by atoms with Crippen molar-refractivity contribution in [1.29, 1.82) is 0 Å². The summed E-state index contributed by atoms with van der Waals surface area (Å²) in [7, 11) is 0. The first kappa shape index (κ1) is 28.1. The van der Waals surface area contributed by atoms with Gasteiger partial charge in [-0.25, -0.2) is 8.51 Å². The molecule has 13 nitrogen and oxygen atoms in total. The van der Waals surface area contributed by atoms with E-state index >= 15 is 0 Å². The number of para-hydroxylation sites is 2. The standard InChI is InChI=1S/C26H37N11O2S/c1-16-6-8-21(9-7-16)37(40(38)39)23-5-3-2-4-22(23)31-24-32-25(35-12-17(27)10-18(28)13-35)34-26(33-24)36-14-19(29)11-20(30)15-36/h2-9,17-20H,10-15,27-30H2,1H3,(H,38,39)(H,31,32,33,34). The van der Waals surface area contributed by atoms with E-state index in [0.29, 0.717) is 55.1 Å². The van der Waals surface area contributed by atoms with Crippen LogP contribution in [0.2, 0.25) is 0 Å². The lowest BCUT2D eigenvalue weighted by Gasteiger charge is -2.37. The summed E-state index contributed by atoms with van der Waals surface area (Å²) in [4.78, 5) is 18.1. The van der Waals surface area contributed by atoms with Crippen molar-refractivity contribution in [1.82, 2.24) is 15.0 Å². The number of nitrogens with one attached hydrogen (secondary N) is 1. The zero-order valence-corrected chi connectivity index (χ0v) is 23.2. The average Bonchev–Trinajstić information content (AvgIpc) is 2.89. The van der Waals surface area contributed by atoms with Crippen molar-refractivity contribution in [3.63, 3.8) is 0 Å². The molecule has 2 aliphatic heterocycles. The molecule has 2 fully saturated rings. The highest BCUT2D eigenvalue weighted by Gasteiger charge is 2.29. The van der Waals surface area contributed by atoms with Crippen LogP contribution in [0.25, 0.3) is 0 Å². The van der Waals surface area contributed by atoms with E-state index in [9.17, 15) is 8.76 Å². The summed E-state index contributed by atoms with van der Waals surface area (Å²) in [5, 5.41) is 3.27. The van der Waals surface area contributed by atoms with Crippen molar-refractivity contribution >= 4 is 46.2 Å². The predicted molar refractivity (Wildman–Crippen MR) is 159 cm³/mol. The van der Waals surface area contributed by atoms with Crippen LogP contribution in [0.3, 0.4) is 0 Å². The lowest BCUT2D eigenvalue weighted by molar-refractivity contribution is 0.441. The molecular formula is C26H37N11O2S. The number of nitrogens with two attached hydrogens (primary N) is 4. The molecule has 10 N–H and O–H groups in total. The number of rotatable bonds is 7. The highest BCUT2D eigenvalue weighted by Crippen LogP contribution is 2.35. The Hall–Kier alpha value is -3.40. The van der Waals surface area contributed by atoms with Crippen LogP contribution in [-0.2, 0) is 11.3 Å². The summed E-state index contributed by atoms with van der Waals surface area (Å²) in [5.74, 6) is 1.13. The van der Waals surface area contributed by atoms with Gasteiger partial charge in [0.15, 0.2) is 0 Å². The molecule has 2 aromatic carbocycles. The van der Waals surface area contributed by atoms with Crippen LogP contribution in [-0.4, -0.2) is 74.1 Å². The maximum absolute atomic E-state index is 12.5. The largest absolute Gasteiger partial charge is 0.338 e. The lowest BCUT2D eigenvalue weighted by Crippen LogP contribution is -2.54. The molecular weight excluding hydrogens is 530 g/mol. The van der Waals surface area contributed by atoms with Crippen LogP contribution >= 0.6 is 0 Å². The Balaban J connectivity index is 1.54. The fraction of sp³-hybridized carbons (Fsp3) is 0.423. The molecule has 5 unspecified atom stereocenters. The molecule has 0 aliphatic carbocycles. The molecule has 3 aromatic rings. The Kier molecular flexibility index (Phi) is 8.44. The predicted octanol–water partition coefficient (Wildman–Crippen LogP) is 0.928. The molecule has 214 valence electrons. The van der Waals surface area contributed by atoms with E-state index in [-0.39, 0.29) is 30.1 Å². The highest BCUT2D eigenvalue weighted by atomic mass is 32.2. The van der Waals surface area contributed by atoms with Crippen molar-refractivity contribution in [2.45, 2.75) is 43.9 Å². The first-order chi connectivity index (χ1) is 19.2. The maximum atomic E-state index is 12.5. The second-order valence-electron chi connectivity index (χ2n) is 10.6. The SMILES string of the molecule is Cc1ccc(N(c2ccccc2Nc2nc(N3CC(N)CC(N)C3)nc(N3CC(N)CC(N)C3)n2)S(=O)O)cc1. The Morgan fingerprint density at radius 2 is 1.32 bits per heavy atom. The third-order valence-electron chi connectivity index (χ3n) is 7.00. The van der Waals surface area contributed by atoms with Gasteiger partial charge in [-0.3, -0.25) is 4.55 Å². The molecule has 3 heterocycles. The van der Waals surface area contributed by atoms with Gasteiger partial charge in [-0.05, 0) is 44.0 Å². The lowest BCUT2D eigenvalue weighted by atomic mass is 10.0. The van der Waals surface area contributed by atoms with Crippen molar-refractivity contribution in [3.05, 3.63) is 54.1 Å². The van der Waals surface area contributed by atoms with E-state index in [2.05, 4.69) is 5.32 Å². The van der Waals surface area contributed by atoms with Crippen LogP contribution < -0.4 is 42.4 Å². The molecule has 1 aromatic heterocycles. The third kappa shape index (κ3) is 6.49. The number of anilines is 6. The van der Waals surface area contributed by atoms with Gasteiger partial charge in [0.25, 0.3) is 11.3 Å². The monoisotopic (exact) mass is 567 g/mol. The summed E-state index contributed by atoms with van der Waals surface area (Å²) < 4.78 is 24.1.